The number of amides is 1. The monoisotopic (exact) mass is 513 g/mol. The van der Waals surface area contributed by atoms with Crippen molar-refractivity contribution in [3.05, 3.63) is 99.2 Å². The zero-order chi connectivity index (χ0) is 26.8. The van der Waals surface area contributed by atoms with Crippen molar-refractivity contribution in [2.45, 2.75) is 72.1 Å². The zero-order valence-electron chi connectivity index (χ0n) is 23.0. The topological polar surface area (TPSA) is 64.4 Å². The van der Waals surface area contributed by atoms with Crippen LogP contribution < -0.4 is 5.56 Å². The van der Waals surface area contributed by atoms with Gasteiger partial charge in [-0.15, -0.1) is 0 Å². The van der Waals surface area contributed by atoms with Crippen LogP contribution in [0.15, 0.2) is 65.5 Å². The average molecular weight is 514 g/mol. The molecule has 6 heteroatoms. The van der Waals surface area contributed by atoms with Crippen LogP contribution in [0.25, 0.3) is 0 Å². The van der Waals surface area contributed by atoms with Crippen molar-refractivity contribution in [2.75, 3.05) is 6.54 Å². The van der Waals surface area contributed by atoms with Gasteiger partial charge in [-0.05, 0) is 48.6 Å². The summed E-state index contributed by atoms with van der Waals surface area (Å²) in [5.41, 5.74) is 3.33. The molecule has 0 spiro atoms. The fourth-order valence-corrected chi connectivity index (χ4v) is 6.28. The summed E-state index contributed by atoms with van der Waals surface area (Å²) in [4.78, 5) is 34.1. The predicted octanol–water partition coefficient (Wildman–Crippen LogP) is 6.14. The van der Waals surface area contributed by atoms with E-state index in [1.165, 1.54) is 6.42 Å². The van der Waals surface area contributed by atoms with Crippen LogP contribution in [0.2, 0.25) is 0 Å². The number of hydrogen-bond acceptors (Lipinski definition) is 4. The van der Waals surface area contributed by atoms with E-state index in [1.807, 2.05) is 67.6 Å². The molecule has 2 aliphatic rings. The van der Waals surface area contributed by atoms with Crippen molar-refractivity contribution < 1.29 is 9.53 Å². The first-order valence-corrected chi connectivity index (χ1v) is 14.0. The van der Waals surface area contributed by atoms with Gasteiger partial charge >= 0.3 is 6.09 Å². The van der Waals surface area contributed by atoms with Crippen molar-refractivity contribution >= 4 is 6.09 Å². The largest absolute Gasteiger partial charge is 0.446 e. The number of fused-ring (bicyclic) bond motifs is 1. The number of nitrogens with zero attached hydrogens (tertiary/aromatic N) is 3. The summed E-state index contributed by atoms with van der Waals surface area (Å²) < 4.78 is 7.92. The molecule has 2 aromatic carbocycles. The Hall–Kier alpha value is -3.41. The van der Waals surface area contributed by atoms with Crippen molar-refractivity contribution in [3.63, 3.8) is 0 Å². The van der Waals surface area contributed by atoms with E-state index in [9.17, 15) is 9.59 Å². The van der Waals surface area contributed by atoms with Crippen molar-refractivity contribution in [3.8, 4) is 0 Å². The van der Waals surface area contributed by atoms with Gasteiger partial charge in [-0.1, -0.05) is 87.9 Å². The number of rotatable bonds is 5. The standard InChI is InChI=1S/C32H39N3O3/c1-21(2)26-16-15-22(3)19-29(26)38-32(37)34-18-17-28-27(20-34)31(36)35(23(4)33-28)30(24-11-7-5-8-12-24)25-13-9-6-10-14-25/h5-14,21-22,26,29-30H,15-20H2,1-4H3/t22-,26+,29-/m1/s1. The fourth-order valence-electron chi connectivity index (χ4n) is 6.28. The molecule has 6 nitrogen and oxygen atoms in total. The van der Waals surface area contributed by atoms with E-state index in [1.54, 1.807) is 9.47 Å². The van der Waals surface area contributed by atoms with Gasteiger partial charge in [0.25, 0.3) is 5.56 Å². The van der Waals surface area contributed by atoms with Crippen LogP contribution in [-0.4, -0.2) is 33.2 Å². The highest BCUT2D eigenvalue weighted by atomic mass is 16.6. The molecule has 1 saturated carbocycles. The second-order valence-electron chi connectivity index (χ2n) is 11.4. The lowest BCUT2D eigenvalue weighted by Crippen LogP contribution is -2.45. The Morgan fingerprint density at radius 1 is 1.00 bits per heavy atom. The lowest BCUT2D eigenvalue weighted by molar-refractivity contribution is -0.0120. The molecule has 1 aromatic heterocycles. The van der Waals surface area contributed by atoms with Gasteiger partial charge in [0.05, 0.1) is 23.8 Å². The SMILES string of the molecule is Cc1nc2c(c(=O)n1C(c1ccccc1)c1ccccc1)CN(C(=O)O[C@@H]1C[C@H](C)CC[C@H]1C(C)C)CC2. The molecule has 1 aliphatic carbocycles. The molecule has 38 heavy (non-hydrogen) atoms. The molecule has 3 atom stereocenters. The highest BCUT2D eigenvalue weighted by molar-refractivity contribution is 5.68. The summed E-state index contributed by atoms with van der Waals surface area (Å²) in [7, 11) is 0. The molecular formula is C32H39N3O3. The molecule has 0 bridgehead atoms. The summed E-state index contributed by atoms with van der Waals surface area (Å²) in [6, 6.07) is 19.8. The number of aryl methyl sites for hydroxylation is 1. The average Bonchev–Trinajstić information content (AvgIpc) is 2.91. The second-order valence-corrected chi connectivity index (χ2v) is 11.4. The Morgan fingerprint density at radius 2 is 1.63 bits per heavy atom. The smallest absolute Gasteiger partial charge is 0.410 e. The second kappa shape index (κ2) is 11.1. The molecule has 0 radical (unpaired) electrons. The molecular weight excluding hydrogens is 474 g/mol. The zero-order valence-corrected chi connectivity index (χ0v) is 23.0. The first-order valence-electron chi connectivity index (χ1n) is 14.0. The van der Waals surface area contributed by atoms with Crippen LogP contribution in [0, 0.1) is 24.7 Å². The van der Waals surface area contributed by atoms with Crippen molar-refractivity contribution in [1.82, 2.24) is 14.5 Å². The highest BCUT2D eigenvalue weighted by Gasteiger charge is 2.36. The number of aromatic nitrogens is 2. The predicted molar refractivity (Wildman–Crippen MR) is 149 cm³/mol. The number of hydrogen-bond donors (Lipinski definition) is 0. The summed E-state index contributed by atoms with van der Waals surface area (Å²) in [5, 5.41) is 0. The fraction of sp³-hybridized carbons (Fsp3) is 0.469. The van der Waals surface area contributed by atoms with E-state index >= 15 is 0 Å². The Bertz CT molecular complexity index is 1280. The van der Waals surface area contributed by atoms with Gasteiger partial charge in [0, 0.05) is 13.0 Å². The van der Waals surface area contributed by atoms with Crippen LogP contribution in [0.1, 0.15) is 74.3 Å². The van der Waals surface area contributed by atoms with Crippen molar-refractivity contribution in [2.24, 2.45) is 17.8 Å². The molecule has 1 amide bonds. The molecule has 1 aliphatic heterocycles. The van der Waals surface area contributed by atoms with E-state index in [0.29, 0.717) is 42.1 Å². The summed E-state index contributed by atoms with van der Waals surface area (Å²) in [6.07, 6.45) is 3.35. The lowest BCUT2D eigenvalue weighted by atomic mass is 9.75. The van der Waals surface area contributed by atoms with Gasteiger partial charge in [-0.2, -0.15) is 0 Å². The summed E-state index contributed by atoms with van der Waals surface area (Å²) in [6.45, 7) is 9.30. The molecule has 0 unspecified atom stereocenters. The lowest BCUT2D eigenvalue weighted by Gasteiger charge is -2.38. The van der Waals surface area contributed by atoms with Crippen LogP contribution >= 0.6 is 0 Å². The van der Waals surface area contributed by atoms with Crippen LogP contribution in [0.5, 0.6) is 0 Å². The number of carbonyl (C=O) groups excluding carboxylic acids is 1. The Balaban J connectivity index is 1.46. The molecule has 200 valence electrons. The highest BCUT2D eigenvalue weighted by Crippen LogP contribution is 2.36. The van der Waals surface area contributed by atoms with Gasteiger partial charge in [-0.25, -0.2) is 9.78 Å². The van der Waals surface area contributed by atoms with E-state index in [-0.39, 0.29) is 30.3 Å². The van der Waals surface area contributed by atoms with E-state index in [4.69, 9.17) is 9.72 Å². The third-order valence-corrected chi connectivity index (χ3v) is 8.40. The summed E-state index contributed by atoms with van der Waals surface area (Å²) in [5.74, 6) is 2.08. The number of benzene rings is 2. The van der Waals surface area contributed by atoms with Crippen molar-refractivity contribution in [1.29, 1.82) is 0 Å². The minimum absolute atomic E-state index is 0.0685. The van der Waals surface area contributed by atoms with Crippen LogP contribution in [0.3, 0.4) is 0 Å². The Morgan fingerprint density at radius 3 is 2.24 bits per heavy atom. The Labute approximate surface area is 225 Å². The third-order valence-electron chi connectivity index (χ3n) is 8.40. The molecule has 5 rings (SSSR count). The maximum Gasteiger partial charge on any atom is 0.410 e. The summed E-state index contributed by atoms with van der Waals surface area (Å²) >= 11 is 0. The minimum atomic E-state index is -0.311. The molecule has 0 saturated heterocycles. The first-order chi connectivity index (χ1) is 18.3. The van der Waals surface area contributed by atoms with Crippen LogP contribution in [0.4, 0.5) is 4.79 Å². The van der Waals surface area contributed by atoms with E-state index in [0.717, 1.165) is 29.7 Å². The maximum absolute atomic E-state index is 14.1. The molecule has 3 aromatic rings. The number of ether oxygens (including phenoxy) is 1. The van der Waals surface area contributed by atoms with Gasteiger partial charge in [0.15, 0.2) is 0 Å². The quantitative estimate of drug-likeness (QED) is 0.411. The number of carbonyl (C=O) groups is 1. The van der Waals surface area contributed by atoms with Gasteiger partial charge < -0.3 is 9.64 Å². The van der Waals surface area contributed by atoms with Gasteiger partial charge in [0.2, 0.25) is 0 Å². The van der Waals surface area contributed by atoms with E-state index < -0.39 is 0 Å². The van der Waals surface area contributed by atoms with Gasteiger partial charge in [0.1, 0.15) is 11.9 Å². The maximum atomic E-state index is 14.1. The van der Waals surface area contributed by atoms with Gasteiger partial charge in [-0.3, -0.25) is 9.36 Å². The van der Waals surface area contributed by atoms with Crippen LogP contribution in [-0.2, 0) is 17.7 Å². The third kappa shape index (κ3) is 5.27. The van der Waals surface area contributed by atoms with E-state index in [2.05, 4.69) is 20.8 Å². The minimum Gasteiger partial charge on any atom is -0.446 e. The molecule has 1 fully saturated rings. The molecule has 0 N–H and O–H groups in total. The Kier molecular flexibility index (Phi) is 7.68. The normalized spacial score (nSPS) is 21.4. The first kappa shape index (κ1) is 26.2. The molecule has 2 heterocycles.